The molecule has 0 aromatic heterocycles. The third-order valence-electron chi connectivity index (χ3n) is 10.2. The molecule has 1 aromatic carbocycles. The van der Waals surface area contributed by atoms with Gasteiger partial charge in [0.05, 0.1) is 0 Å². The molecule has 0 spiro atoms. The van der Waals surface area contributed by atoms with E-state index >= 15 is 0 Å². The van der Waals surface area contributed by atoms with E-state index in [-0.39, 0.29) is 30.1 Å². The molecule has 0 radical (unpaired) electrons. The molecule has 2 atom stereocenters. The highest BCUT2D eigenvalue weighted by atomic mass is 35.5. The number of urea groups is 1. The van der Waals surface area contributed by atoms with Crippen molar-refractivity contribution in [3.05, 3.63) is 29.3 Å². The van der Waals surface area contributed by atoms with Crippen molar-refractivity contribution in [2.45, 2.75) is 108 Å². The first kappa shape index (κ1) is 26.9. The molecule has 2 N–H and O–H groups in total. The normalized spacial score (nSPS) is 34.4. The van der Waals surface area contributed by atoms with E-state index in [9.17, 15) is 14.4 Å². The summed E-state index contributed by atoms with van der Waals surface area (Å²) in [6.07, 6.45) is 14.8. The zero-order valence-electron chi connectivity index (χ0n) is 22.8. The monoisotopic (exact) mass is 555 g/mol. The highest BCUT2D eigenvalue weighted by Gasteiger charge is 2.53. The third-order valence-corrected chi connectivity index (χ3v) is 10.4. The number of benzene rings is 1. The number of halogens is 1. The fraction of sp³-hybridized carbons (Fsp3) is 0.710. The number of esters is 1. The highest BCUT2D eigenvalue weighted by molar-refractivity contribution is 6.30. The maximum absolute atomic E-state index is 14.0. The first-order valence-corrected chi connectivity index (χ1v) is 15.6. The van der Waals surface area contributed by atoms with Crippen molar-refractivity contribution < 1.29 is 19.1 Å². The van der Waals surface area contributed by atoms with Gasteiger partial charge in [0.15, 0.2) is 0 Å². The van der Waals surface area contributed by atoms with Gasteiger partial charge >= 0.3 is 12.0 Å². The Morgan fingerprint density at radius 1 is 0.949 bits per heavy atom. The van der Waals surface area contributed by atoms with Gasteiger partial charge in [-0.05, 0) is 112 Å². The fourth-order valence-electron chi connectivity index (χ4n) is 8.97. The number of likely N-dealkylation sites (tertiary alicyclic amines) is 1. The van der Waals surface area contributed by atoms with Gasteiger partial charge in [0.1, 0.15) is 18.2 Å². The molecule has 7 nitrogen and oxygen atoms in total. The third kappa shape index (κ3) is 6.08. The summed E-state index contributed by atoms with van der Waals surface area (Å²) in [4.78, 5) is 42.2. The number of carbonyl (C=O) groups is 3. The van der Waals surface area contributed by atoms with Crippen molar-refractivity contribution >= 4 is 35.2 Å². The standard InChI is InChI=1S/C31H42ClN3O4/c32-24-8-4-9-25(15-24)33-30(38)34-26-10-5-11-27(23-6-2-1-3-7-23)35(29(26)37)19-28(36)39-31-16-20-12-21(17-31)14-22(13-20)18-31/h4,8-9,15,20-23,26-27H,1-3,5-7,10-14,16-19H2,(H2,33,34,38). The van der Waals surface area contributed by atoms with Gasteiger partial charge in [0.2, 0.25) is 5.91 Å². The van der Waals surface area contributed by atoms with Crippen LogP contribution in [0.4, 0.5) is 10.5 Å². The minimum Gasteiger partial charge on any atom is -0.458 e. The van der Waals surface area contributed by atoms with Crippen molar-refractivity contribution in [3.63, 3.8) is 0 Å². The fourth-order valence-corrected chi connectivity index (χ4v) is 9.16. The predicted molar refractivity (Wildman–Crippen MR) is 150 cm³/mol. The van der Waals surface area contributed by atoms with E-state index < -0.39 is 12.1 Å². The Hall–Kier alpha value is -2.28. The Balaban J connectivity index is 1.16. The number of nitrogens with zero attached hydrogens (tertiary/aromatic N) is 1. The van der Waals surface area contributed by atoms with Crippen molar-refractivity contribution in [2.24, 2.45) is 23.7 Å². The minimum absolute atomic E-state index is 0.0180. The van der Waals surface area contributed by atoms with Gasteiger partial charge in [-0.25, -0.2) is 4.79 Å². The maximum atomic E-state index is 14.0. The molecule has 3 amide bonds. The molecule has 212 valence electrons. The molecule has 39 heavy (non-hydrogen) atoms. The van der Waals surface area contributed by atoms with Crippen LogP contribution >= 0.6 is 11.6 Å². The van der Waals surface area contributed by atoms with E-state index in [1.165, 1.54) is 38.5 Å². The molecular weight excluding hydrogens is 514 g/mol. The molecule has 1 heterocycles. The van der Waals surface area contributed by atoms with Gasteiger partial charge in [-0.1, -0.05) is 36.9 Å². The van der Waals surface area contributed by atoms with Gasteiger partial charge in [-0.15, -0.1) is 0 Å². The molecule has 7 rings (SSSR count). The molecule has 1 aromatic rings. The second-order valence-electron chi connectivity index (χ2n) is 13.1. The average molecular weight is 556 g/mol. The van der Waals surface area contributed by atoms with Crippen molar-refractivity contribution in [2.75, 3.05) is 11.9 Å². The maximum Gasteiger partial charge on any atom is 0.326 e. The molecule has 6 aliphatic rings. The molecular formula is C31H42ClN3O4. The van der Waals surface area contributed by atoms with E-state index in [0.29, 0.717) is 40.8 Å². The highest BCUT2D eigenvalue weighted by Crippen LogP contribution is 2.57. The Kier molecular flexibility index (Phi) is 7.80. The van der Waals surface area contributed by atoms with Crippen LogP contribution in [0.25, 0.3) is 0 Å². The van der Waals surface area contributed by atoms with E-state index in [0.717, 1.165) is 44.9 Å². The number of rotatable bonds is 6. The van der Waals surface area contributed by atoms with Crippen molar-refractivity contribution in [3.8, 4) is 0 Å². The first-order chi connectivity index (χ1) is 18.9. The molecule has 6 fully saturated rings. The van der Waals surface area contributed by atoms with Crippen LogP contribution in [0.1, 0.15) is 89.9 Å². The molecule has 8 heteroatoms. The largest absolute Gasteiger partial charge is 0.458 e. The van der Waals surface area contributed by atoms with Crippen LogP contribution in [0.15, 0.2) is 24.3 Å². The Bertz CT molecular complexity index is 1050. The summed E-state index contributed by atoms with van der Waals surface area (Å²) in [5.74, 6) is 2.03. The van der Waals surface area contributed by atoms with Crippen LogP contribution in [0.5, 0.6) is 0 Å². The summed E-state index contributed by atoms with van der Waals surface area (Å²) in [5.41, 5.74) is 0.243. The summed E-state index contributed by atoms with van der Waals surface area (Å²) in [5, 5.41) is 6.21. The lowest BCUT2D eigenvalue weighted by Crippen LogP contribution is -2.56. The van der Waals surface area contributed by atoms with Crippen molar-refractivity contribution in [1.29, 1.82) is 0 Å². The van der Waals surface area contributed by atoms with Crippen LogP contribution in [0, 0.1) is 23.7 Å². The molecule has 4 bridgehead atoms. The average Bonchev–Trinajstić information content (AvgIpc) is 3.02. The van der Waals surface area contributed by atoms with Crippen molar-refractivity contribution in [1.82, 2.24) is 10.2 Å². The smallest absolute Gasteiger partial charge is 0.326 e. The number of hydrogen-bond acceptors (Lipinski definition) is 4. The lowest BCUT2D eigenvalue weighted by Gasteiger charge is -2.55. The number of nitrogens with one attached hydrogen (secondary N) is 2. The number of hydrogen-bond donors (Lipinski definition) is 2. The van der Waals surface area contributed by atoms with Crippen LogP contribution < -0.4 is 10.6 Å². The summed E-state index contributed by atoms with van der Waals surface area (Å²) in [7, 11) is 0. The van der Waals surface area contributed by atoms with Gasteiger partial charge in [0, 0.05) is 16.8 Å². The molecule has 2 unspecified atom stereocenters. The number of ether oxygens (including phenoxy) is 1. The first-order valence-electron chi connectivity index (χ1n) is 15.2. The van der Waals surface area contributed by atoms with Gasteiger partial charge in [0.25, 0.3) is 0 Å². The Morgan fingerprint density at radius 3 is 2.31 bits per heavy atom. The van der Waals surface area contributed by atoms with Gasteiger partial charge < -0.3 is 20.3 Å². The van der Waals surface area contributed by atoms with E-state index in [4.69, 9.17) is 16.3 Å². The Labute approximate surface area is 236 Å². The topological polar surface area (TPSA) is 87.7 Å². The molecule has 1 aliphatic heterocycles. The van der Waals surface area contributed by atoms with Crippen LogP contribution in [0.3, 0.4) is 0 Å². The van der Waals surface area contributed by atoms with E-state index in [1.807, 2.05) is 0 Å². The van der Waals surface area contributed by atoms with Crippen LogP contribution in [-0.2, 0) is 14.3 Å². The molecule has 1 saturated heterocycles. The number of anilines is 1. The number of amides is 3. The van der Waals surface area contributed by atoms with E-state index in [1.54, 1.807) is 29.2 Å². The lowest BCUT2D eigenvalue weighted by atomic mass is 9.54. The molecule has 5 aliphatic carbocycles. The van der Waals surface area contributed by atoms with Crippen LogP contribution in [-0.4, -0.2) is 47.0 Å². The second kappa shape index (κ2) is 11.3. The predicted octanol–water partition coefficient (Wildman–Crippen LogP) is 6.30. The quantitative estimate of drug-likeness (QED) is 0.403. The molecule has 5 saturated carbocycles. The summed E-state index contributed by atoms with van der Waals surface area (Å²) < 4.78 is 6.34. The lowest BCUT2D eigenvalue weighted by molar-refractivity contribution is -0.189. The van der Waals surface area contributed by atoms with Gasteiger partial charge in [-0.2, -0.15) is 0 Å². The summed E-state index contributed by atoms with van der Waals surface area (Å²) in [6.45, 7) is -0.0180. The van der Waals surface area contributed by atoms with E-state index in [2.05, 4.69) is 10.6 Å². The zero-order chi connectivity index (χ0) is 27.0. The van der Waals surface area contributed by atoms with Gasteiger partial charge in [-0.3, -0.25) is 9.59 Å². The zero-order valence-corrected chi connectivity index (χ0v) is 23.6. The minimum atomic E-state index is -0.676. The number of carbonyl (C=O) groups excluding carboxylic acids is 3. The summed E-state index contributed by atoms with van der Waals surface area (Å²) in [6, 6.07) is 5.83. The Morgan fingerprint density at radius 2 is 1.64 bits per heavy atom. The second-order valence-corrected chi connectivity index (χ2v) is 13.5. The summed E-state index contributed by atoms with van der Waals surface area (Å²) >= 11 is 6.06. The van der Waals surface area contributed by atoms with Crippen LogP contribution in [0.2, 0.25) is 5.02 Å². The SMILES string of the molecule is O=C(Nc1cccc(Cl)c1)NC1CCCC(C2CCCCC2)N(CC(=O)OC23CC4CC(CC(C4)C2)C3)C1=O.